The first-order valence-corrected chi connectivity index (χ1v) is 6.36. The number of hydrogen-bond acceptors (Lipinski definition) is 0. The van der Waals surface area contributed by atoms with Crippen molar-refractivity contribution in [3.63, 3.8) is 0 Å². The second kappa shape index (κ2) is 5.62. The zero-order valence-corrected chi connectivity index (χ0v) is 11.4. The van der Waals surface area contributed by atoms with Crippen LogP contribution in [0.2, 0.25) is 5.02 Å². The topological polar surface area (TPSA) is 0 Å². The van der Waals surface area contributed by atoms with Crippen LogP contribution in [-0.4, -0.2) is 0 Å². The molecule has 0 N–H and O–H groups in total. The summed E-state index contributed by atoms with van der Waals surface area (Å²) in [6, 6.07) is 8.34. The fourth-order valence-electron chi connectivity index (χ4n) is 1.73. The molecule has 2 aromatic rings. The molecule has 2 aromatic carbocycles. The van der Waals surface area contributed by atoms with Crippen molar-refractivity contribution >= 4 is 23.2 Å². The molecule has 0 fully saturated rings. The van der Waals surface area contributed by atoms with Gasteiger partial charge in [0, 0.05) is 10.6 Å². The summed E-state index contributed by atoms with van der Waals surface area (Å²) < 4.78 is 51.6. The van der Waals surface area contributed by atoms with Gasteiger partial charge < -0.3 is 0 Å². The molecule has 0 heterocycles. The Hall–Kier alpha value is -1.26. The fourth-order valence-corrected chi connectivity index (χ4v) is 2.16. The Bertz CT molecular complexity index is 606. The zero-order valence-electron chi connectivity index (χ0n) is 9.89. The molecule has 0 aliphatic heterocycles. The Morgan fingerprint density at radius 3 is 2.10 bits per heavy atom. The maximum atomic E-state index is 13.7. The minimum Gasteiger partial charge on any atom is -0.207 e. The molecule has 20 heavy (non-hydrogen) atoms. The van der Waals surface area contributed by atoms with Gasteiger partial charge in [0.15, 0.2) is 0 Å². The average molecular weight is 323 g/mol. The van der Waals surface area contributed by atoms with E-state index in [2.05, 4.69) is 0 Å². The van der Waals surface area contributed by atoms with E-state index in [4.69, 9.17) is 23.2 Å². The molecule has 0 spiro atoms. The molecule has 2 rings (SSSR count). The van der Waals surface area contributed by atoms with Crippen molar-refractivity contribution in [3.8, 4) is 0 Å². The molecule has 0 radical (unpaired) electrons. The lowest BCUT2D eigenvalue weighted by molar-refractivity contribution is -0.137. The summed E-state index contributed by atoms with van der Waals surface area (Å²) in [6.45, 7) is 0. The van der Waals surface area contributed by atoms with Crippen LogP contribution in [0.25, 0.3) is 0 Å². The molecule has 0 nitrogen and oxygen atoms in total. The van der Waals surface area contributed by atoms with E-state index in [1.54, 1.807) is 12.1 Å². The Kier molecular flexibility index (Phi) is 4.25. The first-order chi connectivity index (χ1) is 9.29. The van der Waals surface area contributed by atoms with Gasteiger partial charge in [-0.3, -0.25) is 0 Å². The van der Waals surface area contributed by atoms with E-state index in [0.717, 1.165) is 12.1 Å². The highest BCUT2D eigenvalue weighted by molar-refractivity contribution is 6.30. The van der Waals surface area contributed by atoms with E-state index in [-0.39, 0.29) is 5.56 Å². The summed E-state index contributed by atoms with van der Waals surface area (Å²) in [5.41, 5.74) is -0.688. The molecule has 0 aliphatic carbocycles. The number of alkyl halides is 4. The van der Waals surface area contributed by atoms with Gasteiger partial charge in [0.25, 0.3) is 0 Å². The normalized spacial score (nSPS) is 13.3. The average Bonchev–Trinajstić information content (AvgIpc) is 2.38. The Labute approximate surface area is 122 Å². The highest BCUT2D eigenvalue weighted by atomic mass is 35.5. The number of halogens is 6. The largest absolute Gasteiger partial charge is 0.416 e. The molecular formula is C14H8Cl2F4. The first kappa shape index (κ1) is 15.1. The van der Waals surface area contributed by atoms with Gasteiger partial charge in [-0.1, -0.05) is 23.7 Å². The van der Waals surface area contributed by atoms with E-state index in [1.807, 2.05) is 0 Å². The summed E-state index contributed by atoms with van der Waals surface area (Å²) in [6.07, 6.45) is -4.54. The monoisotopic (exact) mass is 322 g/mol. The lowest BCUT2D eigenvalue weighted by Gasteiger charge is -2.14. The zero-order chi connectivity index (χ0) is 14.9. The smallest absolute Gasteiger partial charge is 0.207 e. The first-order valence-electron chi connectivity index (χ1n) is 5.55. The van der Waals surface area contributed by atoms with E-state index < -0.39 is 22.9 Å². The van der Waals surface area contributed by atoms with Crippen LogP contribution in [0.4, 0.5) is 17.6 Å². The fraction of sp³-hybridized carbons (Fsp3) is 0.143. The van der Waals surface area contributed by atoms with Gasteiger partial charge in [0.2, 0.25) is 0 Å². The van der Waals surface area contributed by atoms with Crippen LogP contribution in [0.15, 0.2) is 42.5 Å². The number of benzene rings is 2. The van der Waals surface area contributed by atoms with Crippen LogP contribution in [0.1, 0.15) is 22.1 Å². The van der Waals surface area contributed by atoms with Crippen molar-refractivity contribution < 1.29 is 17.6 Å². The predicted octanol–water partition coefficient (Wildman–Crippen LogP) is 5.83. The Morgan fingerprint density at radius 1 is 0.950 bits per heavy atom. The van der Waals surface area contributed by atoms with Gasteiger partial charge in [-0.05, 0) is 35.9 Å². The van der Waals surface area contributed by atoms with Crippen LogP contribution in [0.3, 0.4) is 0 Å². The van der Waals surface area contributed by atoms with Gasteiger partial charge in [-0.2, -0.15) is 13.2 Å². The summed E-state index contributed by atoms with van der Waals surface area (Å²) in [5, 5.41) is -0.559. The van der Waals surface area contributed by atoms with E-state index in [0.29, 0.717) is 16.7 Å². The SMILES string of the molecule is Fc1ccc(C(F)(F)F)cc1C(Cl)c1ccc(Cl)cc1. The van der Waals surface area contributed by atoms with Gasteiger partial charge in [-0.15, -0.1) is 11.6 Å². The van der Waals surface area contributed by atoms with Crippen molar-refractivity contribution in [1.29, 1.82) is 0 Å². The van der Waals surface area contributed by atoms with Gasteiger partial charge in [-0.25, -0.2) is 4.39 Å². The minimum atomic E-state index is -4.54. The molecule has 0 aromatic heterocycles. The Morgan fingerprint density at radius 2 is 1.55 bits per heavy atom. The third-order valence-electron chi connectivity index (χ3n) is 2.76. The number of hydrogen-bond donors (Lipinski definition) is 0. The standard InChI is InChI=1S/C14H8Cl2F4/c15-10-4-1-8(2-5-10)13(16)11-7-9(14(18,19)20)3-6-12(11)17/h1-7,13H. The minimum absolute atomic E-state index is 0.219. The molecule has 1 unspecified atom stereocenters. The summed E-state index contributed by atoms with van der Waals surface area (Å²) in [7, 11) is 0. The molecule has 0 aliphatic rings. The van der Waals surface area contributed by atoms with Crippen LogP contribution in [-0.2, 0) is 6.18 Å². The predicted molar refractivity (Wildman–Crippen MR) is 70.6 cm³/mol. The highest BCUT2D eigenvalue weighted by Gasteiger charge is 2.32. The van der Waals surface area contributed by atoms with Crippen LogP contribution in [0, 0.1) is 5.82 Å². The van der Waals surface area contributed by atoms with Crippen LogP contribution < -0.4 is 0 Å². The lowest BCUT2D eigenvalue weighted by Crippen LogP contribution is -2.07. The van der Waals surface area contributed by atoms with Crippen molar-refractivity contribution in [2.45, 2.75) is 11.6 Å². The van der Waals surface area contributed by atoms with Crippen LogP contribution >= 0.6 is 23.2 Å². The summed E-state index contributed by atoms with van der Waals surface area (Å²) in [5.74, 6) is -0.784. The lowest BCUT2D eigenvalue weighted by atomic mass is 10.0. The second-order valence-electron chi connectivity index (χ2n) is 4.15. The van der Waals surface area contributed by atoms with Crippen molar-refractivity contribution in [2.24, 2.45) is 0 Å². The van der Waals surface area contributed by atoms with Crippen molar-refractivity contribution in [2.75, 3.05) is 0 Å². The maximum absolute atomic E-state index is 13.7. The Balaban J connectivity index is 2.43. The molecule has 0 bridgehead atoms. The van der Waals surface area contributed by atoms with E-state index >= 15 is 0 Å². The summed E-state index contributed by atoms with van der Waals surface area (Å²) in [4.78, 5) is 0. The second-order valence-corrected chi connectivity index (χ2v) is 5.02. The molecule has 0 saturated carbocycles. The molecule has 6 heteroatoms. The van der Waals surface area contributed by atoms with E-state index in [1.165, 1.54) is 12.1 Å². The molecule has 0 saturated heterocycles. The highest BCUT2D eigenvalue weighted by Crippen LogP contribution is 2.36. The molecular weight excluding hydrogens is 315 g/mol. The van der Waals surface area contributed by atoms with Gasteiger partial charge >= 0.3 is 6.18 Å². The molecule has 0 amide bonds. The maximum Gasteiger partial charge on any atom is 0.416 e. The van der Waals surface area contributed by atoms with Crippen molar-refractivity contribution in [1.82, 2.24) is 0 Å². The number of rotatable bonds is 2. The summed E-state index contributed by atoms with van der Waals surface area (Å²) >= 11 is 11.8. The third-order valence-corrected chi connectivity index (χ3v) is 3.50. The third kappa shape index (κ3) is 3.25. The van der Waals surface area contributed by atoms with E-state index in [9.17, 15) is 17.6 Å². The molecule has 106 valence electrons. The van der Waals surface area contributed by atoms with Gasteiger partial charge in [0.1, 0.15) is 5.82 Å². The van der Waals surface area contributed by atoms with Gasteiger partial charge in [0.05, 0.1) is 10.9 Å². The van der Waals surface area contributed by atoms with Crippen molar-refractivity contribution in [3.05, 3.63) is 70.0 Å². The van der Waals surface area contributed by atoms with Crippen LogP contribution in [0.5, 0.6) is 0 Å². The molecule has 1 atom stereocenters. The quantitative estimate of drug-likeness (QED) is 0.482.